The smallest absolute Gasteiger partial charge is 0.168 e. The molecule has 3 aliphatic heterocycles. The van der Waals surface area contributed by atoms with Crippen LogP contribution in [0.1, 0.15) is 28.9 Å². The molecule has 0 radical (unpaired) electrons. The van der Waals surface area contributed by atoms with E-state index in [1.165, 1.54) is 25.9 Å². The number of halogens is 1. The monoisotopic (exact) mass is 318 g/mol. The average Bonchev–Trinajstić information content (AvgIpc) is 2.96. The predicted molar refractivity (Wildman–Crippen MR) is 85.3 cm³/mol. The van der Waals surface area contributed by atoms with Crippen molar-refractivity contribution in [3.63, 3.8) is 0 Å². The molecule has 0 amide bonds. The Morgan fingerprint density at radius 2 is 2.05 bits per heavy atom. The summed E-state index contributed by atoms with van der Waals surface area (Å²) in [6.07, 6.45) is 6.80. The second-order valence-electron chi connectivity index (χ2n) is 6.76. The van der Waals surface area contributed by atoms with E-state index in [2.05, 4.69) is 20.1 Å². The van der Waals surface area contributed by atoms with Gasteiger partial charge in [0.15, 0.2) is 5.78 Å². The van der Waals surface area contributed by atoms with E-state index in [1.807, 2.05) is 0 Å². The number of aromatic nitrogens is 3. The fourth-order valence-corrected chi connectivity index (χ4v) is 4.69. The average molecular weight is 319 g/mol. The summed E-state index contributed by atoms with van der Waals surface area (Å²) in [4.78, 5) is 19.7. The first kappa shape index (κ1) is 14.2. The van der Waals surface area contributed by atoms with Crippen LogP contribution in [-0.2, 0) is 6.42 Å². The minimum absolute atomic E-state index is 0. The number of ketones is 1. The van der Waals surface area contributed by atoms with Crippen LogP contribution in [0, 0.1) is 17.8 Å². The summed E-state index contributed by atoms with van der Waals surface area (Å²) in [5.41, 5.74) is 2.73. The van der Waals surface area contributed by atoms with E-state index in [1.54, 1.807) is 12.4 Å². The highest BCUT2D eigenvalue weighted by molar-refractivity contribution is 6.11. The Morgan fingerprint density at radius 3 is 2.77 bits per heavy atom. The molecule has 6 heteroatoms. The number of Topliss-reactive ketones (excluding diaryl/α,β-unsaturated/α-hetero) is 1. The highest BCUT2D eigenvalue weighted by Gasteiger charge is 2.43. The lowest BCUT2D eigenvalue weighted by molar-refractivity contribution is 0.0193. The number of nitrogens with zero attached hydrogens (tertiary/aromatic N) is 3. The van der Waals surface area contributed by atoms with Crippen molar-refractivity contribution in [2.24, 2.45) is 17.8 Å². The van der Waals surface area contributed by atoms with Gasteiger partial charge in [-0.1, -0.05) is 0 Å². The third-order valence-corrected chi connectivity index (χ3v) is 5.79. The molecule has 5 nitrogen and oxygen atoms in total. The Kier molecular flexibility index (Phi) is 3.24. The van der Waals surface area contributed by atoms with Crippen LogP contribution in [0.25, 0.3) is 10.9 Å². The van der Waals surface area contributed by atoms with Gasteiger partial charge in [0, 0.05) is 41.7 Å². The molecule has 3 fully saturated rings. The molecule has 2 aromatic rings. The second kappa shape index (κ2) is 5.03. The topological polar surface area (TPSA) is 61.9 Å². The number of nitrogens with one attached hydrogen (secondary N) is 1. The quantitative estimate of drug-likeness (QED) is 0.874. The van der Waals surface area contributed by atoms with Gasteiger partial charge >= 0.3 is 0 Å². The Balaban J connectivity index is 0.00000125. The van der Waals surface area contributed by atoms with Crippen LogP contribution >= 0.6 is 12.4 Å². The van der Waals surface area contributed by atoms with Gasteiger partial charge in [-0.3, -0.25) is 14.9 Å². The number of H-pyrrole nitrogens is 1. The minimum atomic E-state index is 0. The van der Waals surface area contributed by atoms with Gasteiger partial charge in [0.2, 0.25) is 0 Å². The van der Waals surface area contributed by atoms with E-state index >= 15 is 0 Å². The summed E-state index contributed by atoms with van der Waals surface area (Å²) in [5, 5.41) is 8.44. The highest BCUT2D eigenvalue weighted by atomic mass is 35.5. The van der Waals surface area contributed by atoms with Gasteiger partial charge in [-0.05, 0) is 37.8 Å². The van der Waals surface area contributed by atoms with E-state index in [0.717, 1.165) is 41.0 Å². The Bertz CT molecular complexity index is 735. The normalized spacial score (nSPS) is 33.0. The molecule has 1 N–H and O–H groups in total. The highest BCUT2D eigenvalue weighted by Crippen LogP contribution is 2.42. The molecule has 2 atom stereocenters. The number of fused-ring (bicyclic) bond motifs is 3. The minimum Gasteiger partial charge on any atom is -0.303 e. The fourth-order valence-electron chi connectivity index (χ4n) is 4.69. The molecule has 0 saturated carbocycles. The fraction of sp³-hybridized carbons (Fsp3) is 0.562. The zero-order valence-corrected chi connectivity index (χ0v) is 13.1. The zero-order valence-electron chi connectivity index (χ0n) is 12.3. The molecular weight excluding hydrogens is 300 g/mol. The van der Waals surface area contributed by atoms with E-state index in [-0.39, 0.29) is 18.3 Å². The molecule has 22 heavy (non-hydrogen) atoms. The van der Waals surface area contributed by atoms with Crippen molar-refractivity contribution >= 4 is 29.1 Å². The number of hydrogen-bond acceptors (Lipinski definition) is 4. The van der Waals surface area contributed by atoms with Crippen LogP contribution < -0.4 is 0 Å². The maximum Gasteiger partial charge on any atom is 0.168 e. The summed E-state index contributed by atoms with van der Waals surface area (Å²) in [5.74, 6) is 1.63. The summed E-state index contributed by atoms with van der Waals surface area (Å²) in [7, 11) is 0. The van der Waals surface area contributed by atoms with Gasteiger partial charge in [0.1, 0.15) is 5.52 Å². The number of carbonyl (C=O) groups excluding carboxylic acids is 1. The van der Waals surface area contributed by atoms with Crippen molar-refractivity contribution in [1.82, 2.24) is 20.1 Å². The Hall–Kier alpha value is -1.46. The first-order valence-electron chi connectivity index (χ1n) is 7.89. The van der Waals surface area contributed by atoms with Crippen LogP contribution in [0.2, 0.25) is 0 Å². The number of rotatable bonds is 1. The first-order valence-corrected chi connectivity index (χ1v) is 7.89. The third kappa shape index (κ3) is 1.85. The van der Waals surface area contributed by atoms with Gasteiger partial charge in [0.25, 0.3) is 0 Å². The maximum atomic E-state index is 13.0. The van der Waals surface area contributed by atoms with Crippen molar-refractivity contribution in [3.8, 4) is 0 Å². The molecular formula is C16H19ClN4O. The van der Waals surface area contributed by atoms with Crippen LogP contribution in [0.5, 0.6) is 0 Å². The van der Waals surface area contributed by atoms with Crippen molar-refractivity contribution in [3.05, 3.63) is 23.7 Å². The van der Waals surface area contributed by atoms with E-state index in [4.69, 9.17) is 0 Å². The molecule has 1 unspecified atom stereocenters. The van der Waals surface area contributed by atoms with Gasteiger partial charge < -0.3 is 4.90 Å². The Morgan fingerprint density at radius 1 is 1.23 bits per heavy atom. The molecule has 2 bridgehead atoms. The lowest BCUT2D eigenvalue weighted by Crippen LogP contribution is -2.51. The van der Waals surface area contributed by atoms with Crippen molar-refractivity contribution < 1.29 is 4.79 Å². The lowest BCUT2D eigenvalue weighted by atomic mass is 9.67. The number of piperidine rings is 3. The summed E-state index contributed by atoms with van der Waals surface area (Å²) in [6, 6.07) is 0. The van der Waals surface area contributed by atoms with Gasteiger partial charge in [-0.2, -0.15) is 5.10 Å². The molecule has 0 spiro atoms. The van der Waals surface area contributed by atoms with Crippen LogP contribution in [0.15, 0.2) is 12.4 Å². The molecule has 5 heterocycles. The Labute approximate surface area is 134 Å². The largest absolute Gasteiger partial charge is 0.303 e. The molecule has 0 aromatic carbocycles. The second-order valence-corrected chi connectivity index (χ2v) is 6.76. The van der Waals surface area contributed by atoms with Crippen molar-refractivity contribution in [2.45, 2.75) is 19.3 Å². The lowest BCUT2D eigenvalue weighted by Gasteiger charge is -2.47. The van der Waals surface area contributed by atoms with Gasteiger partial charge in [-0.25, -0.2) is 0 Å². The number of carbonyl (C=O) groups is 1. The molecule has 2 aromatic heterocycles. The van der Waals surface area contributed by atoms with Gasteiger partial charge in [-0.15, -0.1) is 12.4 Å². The summed E-state index contributed by atoms with van der Waals surface area (Å²) in [6.45, 7) is 3.52. The summed E-state index contributed by atoms with van der Waals surface area (Å²) < 4.78 is 0. The molecule has 6 rings (SSSR count). The predicted octanol–water partition coefficient (Wildman–Crippen LogP) is 2.08. The van der Waals surface area contributed by atoms with E-state index in [0.29, 0.717) is 11.7 Å². The van der Waals surface area contributed by atoms with Crippen molar-refractivity contribution in [2.75, 3.05) is 19.6 Å². The van der Waals surface area contributed by atoms with E-state index in [9.17, 15) is 4.79 Å². The number of aromatic amines is 1. The number of pyridine rings is 1. The van der Waals surface area contributed by atoms with Crippen LogP contribution in [0.4, 0.5) is 0 Å². The summed E-state index contributed by atoms with van der Waals surface area (Å²) >= 11 is 0. The van der Waals surface area contributed by atoms with E-state index < -0.39 is 0 Å². The van der Waals surface area contributed by atoms with Crippen LogP contribution in [0.3, 0.4) is 0 Å². The van der Waals surface area contributed by atoms with Crippen LogP contribution in [-0.4, -0.2) is 45.5 Å². The third-order valence-electron chi connectivity index (χ3n) is 5.79. The molecule has 116 valence electrons. The number of hydrogen-bond donors (Lipinski definition) is 1. The molecule has 4 aliphatic rings. The van der Waals surface area contributed by atoms with Gasteiger partial charge in [0.05, 0.1) is 6.20 Å². The zero-order chi connectivity index (χ0) is 14.0. The SMILES string of the molecule is Cl.O=C1c2cncc3n[nH]c(c23)C[C@H]1C1CN2CCC1CC2. The molecule has 3 saturated heterocycles. The molecule has 1 aliphatic carbocycles. The first-order chi connectivity index (χ1) is 10.3. The maximum absolute atomic E-state index is 13.0. The standard InChI is InChI=1S/C16H18N4O.ClH/c21-16-10(12-8-20-3-1-9(12)2-4-20)5-13-15-11(16)6-17-7-14(15)19-18-13;/h6-7,9-10,12H,1-5,8H2,(H,18,19);1H/t10-,12?;/m0./s1. The van der Waals surface area contributed by atoms with Crippen molar-refractivity contribution in [1.29, 1.82) is 0 Å².